The Morgan fingerprint density at radius 2 is 2.00 bits per heavy atom. The second-order valence-electron chi connectivity index (χ2n) is 4.72. The van der Waals surface area contributed by atoms with E-state index in [0.717, 1.165) is 27.0 Å². The molecule has 0 aliphatic rings. The molecular formula is C15H16BrFN2. The van der Waals surface area contributed by atoms with E-state index in [4.69, 9.17) is 5.73 Å². The van der Waals surface area contributed by atoms with Crippen molar-refractivity contribution in [3.63, 3.8) is 0 Å². The van der Waals surface area contributed by atoms with Gasteiger partial charge in [0.2, 0.25) is 0 Å². The van der Waals surface area contributed by atoms with Gasteiger partial charge in [0, 0.05) is 21.9 Å². The van der Waals surface area contributed by atoms with E-state index in [-0.39, 0.29) is 11.9 Å². The number of rotatable bonds is 3. The van der Waals surface area contributed by atoms with E-state index in [2.05, 4.69) is 20.9 Å². The maximum atomic E-state index is 13.3. The average Bonchev–Trinajstić information content (AvgIpc) is 2.26. The fourth-order valence-corrected chi connectivity index (χ4v) is 2.69. The van der Waals surface area contributed by atoms with Gasteiger partial charge in [-0.2, -0.15) is 0 Å². The molecule has 0 aliphatic carbocycles. The summed E-state index contributed by atoms with van der Waals surface area (Å²) in [5, 5.41) is 0. The number of aryl methyl sites for hydroxylation is 2. The number of nitrogens with two attached hydrogens (primary N) is 1. The summed E-state index contributed by atoms with van der Waals surface area (Å²) >= 11 is 3.29. The Hall–Kier alpha value is -1.26. The Labute approximate surface area is 121 Å². The molecular weight excluding hydrogens is 307 g/mol. The second kappa shape index (κ2) is 5.80. The van der Waals surface area contributed by atoms with Crippen molar-refractivity contribution in [2.45, 2.75) is 26.3 Å². The highest BCUT2D eigenvalue weighted by Gasteiger charge is 2.12. The number of hydrogen-bond donors (Lipinski definition) is 1. The van der Waals surface area contributed by atoms with Gasteiger partial charge in [-0.3, -0.25) is 4.98 Å². The summed E-state index contributed by atoms with van der Waals surface area (Å²) in [5.74, 6) is -0.254. The lowest BCUT2D eigenvalue weighted by atomic mass is 9.98. The van der Waals surface area contributed by atoms with Crippen molar-refractivity contribution in [2.75, 3.05) is 0 Å². The topological polar surface area (TPSA) is 38.9 Å². The first kappa shape index (κ1) is 14.2. The zero-order valence-corrected chi connectivity index (χ0v) is 12.5. The first-order valence-electron chi connectivity index (χ1n) is 6.10. The molecule has 19 heavy (non-hydrogen) atoms. The molecule has 0 saturated heterocycles. The lowest BCUT2D eigenvalue weighted by molar-refractivity contribution is 0.620. The van der Waals surface area contributed by atoms with Crippen LogP contribution in [0.4, 0.5) is 4.39 Å². The monoisotopic (exact) mass is 322 g/mol. The molecule has 0 amide bonds. The summed E-state index contributed by atoms with van der Waals surface area (Å²) in [7, 11) is 0. The number of halogens is 2. The SMILES string of the molecule is Cc1ccc(C(N)Cc2cc(F)cc(Br)c2)c(C)n1. The van der Waals surface area contributed by atoms with Gasteiger partial charge < -0.3 is 5.73 Å². The number of benzene rings is 1. The molecule has 1 heterocycles. The Morgan fingerprint density at radius 3 is 2.63 bits per heavy atom. The van der Waals surface area contributed by atoms with Gasteiger partial charge in [-0.15, -0.1) is 0 Å². The third-order valence-electron chi connectivity index (χ3n) is 3.04. The van der Waals surface area contributed by atoms with E-state index in [1.54, 1.807) is 0 Å². The second-order valence-corrected chi connectivity index (χ2v) is 5.63. The summed E-state index contributed by atoms with van der Waals surface area (Å²) in [6.07, 6.45) is 0.585. The quantitative estimate of drug-likeness (QED) is 0.932. The summed E-state index contributed by atoms with van der Waals surface area (Å²) < 4.78 is 14.1. The Morgan fingerprint density at radius 1 is 1.26 bits per heavy atom. The van der Waals surface area contributed by atoms with Crippen molar-refractivity contribution in [1.82, 2.24) is 4.98 Å². The van der Waals surface area contributed by atoms with Crippen molar-refractivity contribution in [1.29, 1.82) is 0 Å². The minimum atomic E-state index is -0.254. The fourth-order valence-electron chi connectivity index (χ4n) is 2.18. The molecule has 0 bridgehead atoms. The lowest BCUT2D eigenvalue weighted by Gasteiger charge is -2.15. The van der Waals surface area contributed by atoms with Crippen molar-refractivity contribution in [3.05, 3.63) is 63.1 Å². The highest BCUT2D eigenvalue weighted by Crippen LogP contribution is 2.22. The van der Waals surface area contributed by atoms with Gasteiger partial charge in [0.15, 0.2) is 0 Å². The number of nitrogens with zero attached hydrogens (tertiary/aromatic N) is 1. The molecule has 1 aromatic carbocycles. The van der Waals surface area contributed by atoms with Crippen molar-refractivity contribution >= 4 is 15.9 Å². The van der Waals surface area contributed by atoms with Crippen LogP contribution in [0, 0.1) is 19.7 Å². The molecule has 1 unspecified atom stereocenters. The average molecular weight is 323 g/mol. The highest BCUT2D eigenvalue weighted by molar-refractivity contribution is 9.10. The zero-order chi connectivity index (χ0) is 14.0. The predicted octanol–water partition coefficient (Wildman–Crippen LogP) is 3.84. The van der Waals surface area contributed by atoms with Crippen molar-refractivity contribution in [3.8, 4) is 0 Å². The highest BCUT2D eigenvalue weighted by atomic mass is 79.9. The molecule has 2 N–H and O–H groups in total. The minimum Gasteiger partial charge on any atom is -0.324 e. The van der Waals surface area contributed by atoms with Crippen LogP contribution in [0.1, 0.15) is 28.6 Å². The first-order valence-corrected chi connectivity index (χ1v) is 6.89. The van der Waals surface area contributed by atoms with Crippen LogP contribution in [0.2, 0.25) is 0 Å². The Kier molecular flexibility index (Phi) is 4.32. The zero-order valence-electron chi connectivity index (χ0n) is 11.0. The molecule has 0 saturated carbocycles. The molecule has 1 aromatic heterocycles. The normalized spacial score (nSPS) is 12.5. The summed E-state index contributed by atoms with van der Waals surface area (Å²) in [4.78, 5) is 4.41. The van der Waals surface area contributed by atoms with Crippen LogP contribution in [-0.2, 0) is 6.42 Å². The largest absolute Gasteiger partial charge is 0.324 e. The summed E-state index contributed by atoms with van der Waals surface area (Å²) in [5.41, 5.74) is 9.99. The molecule has 4 heteroatoms. The third-order valence-corrected chi connectivity index (χ3v) is 3.50. The van der Waals surface area contributed by atoms with Gasteiger partial charge in [-0.05, 0) is 55.7 Å². The van der Waals surface area contributed by atoms with E-state index in [1.807, 2.05) is 32.0 Å². The summed E-state index contributed by atoms with van der Waals surface area (Å²) in [6.45, 7) is 3.90. The van der Waals surface area contributed by atoms with E-state index < -0.39 is 0 Å². The van der Waals surface area contributed by atoms with E-state index >= 15 is 0 Å². The van der Waals surface area contributed by atoms with Crippen LogP contribution in [-0.4, -0.2) is 4.98 Å². The molecule has 2 aromatic rings. The molecule has 0 radical (unpaired) electrons. The molecule has 2 rings (SSSR count). The van der Waals surface area contributed by atoms with Gasteiger partial charge in [0.25, 0.3) is 0 Å². The van der Waals surface area contributed by atoms with Gasteiger partial charge >= 0.3 is 0 Å². The van der Waals surface area contributed by atoms with Gasteiger partial charge in [0.1, 0.15) is 5.82 Å². The number of hydrogen-bond acceptors (Lipinski definition) is 2. The standard InChI is InChI=1S/C15H16BrFN2/c1-9-3-4-14(10(2)19-9)15(18)7-11-5-12(16)8-13(17)6-11/h3-6,8,15H,7,18H2,1-2H3. The predicted molar refractivity (Wildman–Crippen MR) is 78.4 cm³/mol. The van der Waals surface area contributed by atoms with Gasteiger partial charge in [-0.25, -0.2) is 4.39 Å². The van der Waals surface area contributed by atoms with E-state index in [1.165, 1.54) is 12.1 Å². The minimum absolute atomic E-state index is 0.179. The van der Waals surface area contributed by atoms with Crippen LogP contribution >= 0.6 is 15.9 Å². The fraction of sp³-hybridized carbons (Fsp3) is 0.267. The van der Waals surface area contributed by atoms with Gasteiger partial charge in [0.05, 0.1) is 0 Å². The van der Waals surface area contributed by atoms with E-state index in [0.29, 0.717) is 6.42 Å². The maximum absolute atomic E-state index is 13.3. The van der Waals surface area contributed by atoms with Crippen LogP contribution < -0.4 is 5.73 Å². The van der Waals surface area contributed by atoms with Crippen LogP contribution in [0.3, 0.4) is 0 Å². The molecule has 2 nitrogen and oxygen atoms in total. The molecule has 0 aliphatic heterocycles. The van der Waals surface area contributed by atoms with E-state index in [9.17, 15) is 4.39 Å². The lowest BCUT2D eigenvalue weighted by Crippen LogP contribution is -2.15. The Bertz CT molecular complexity index is 578. The van der Waals surface area contributed by atoms with Gasteiger partial charge in [-0.1, -0.05) is 22.0 Å². The third kappa shape index (κ3) is 3.61. The van der Waals surface area contributed by atoms with Crippen LogP contribution in [0.5, 0.6) is 0 Å². The Balaban J connectivity index is 2.22. The number of pyridine rings is 1. The van der Waals surface area contributed by atoms with Crippen molar-refractivity contribution in [2.24, 2.45) is 5.73 Å². The maximum Gasteiger partial charge on any atom is 0.124 e. The van der Waals surface area contributed by atoms with Crippen LogP contribution in [0.15, 0.2) is 34.8 Å². The first-order chi connectivity index (χ1) is 8.95. The smallest absolute Gasteiger partial charge is 0.124 e. The molecule has 0 fully saturated rings. The molecule has 0 spiro atoms. The van der Waals surface area contributed by atoms with Crippen molar-refractivity contribution < 1.29 is 4.39 Å². The molecule has 100 valence electrons. The molecule has 1 atom stereocenters. The summed E-state index contributed by atoms with van der Waals surface area (Å²) in [6, 6.07) is 8.61. The van der Waals surface area contributed by atoms with Crippen LogP contribution in [0.25, 0.3) is 0 Å². The number of aromatic nitrogens is 1.